The lowest BCUT2D eigenvalue weighted by Crippen LogP contribution is -2.17. The Labute approximate surface area is 179 Å². The molecule has 0 atom stereocenters. The van der Waals surface area contributed by atoms with Crippen LogP contribution in [0.25, 0.3) is 0 Å². The van der Waals surface area contributed by atoms with Gasteiger partial charge in [0.15, 0.2) is 0 Å². The number of rotatable bonds is 8. The van der Waals surface area contributed by atoms with Gasteiger partial charge in [-0.25, -0.2) is 10.2 Å². The van der Waals surface area contributed by atoms with E-state index in [0.29, 0.717) is 34.8 Å². The lowest BCUT2D eigenvalue weighted by Gasteiger charge is -2.07. The Hall–Kier alpha value is -4.13. The monoisotopic (exact) mass is 418 g/mol. The van der Waals surface area contributed by atoms with Crippen molar-refractivity contribution in [2.45, 2.75) is 13.3 Å². The molecular formula is C24H22N2O5. The fourth-order valence-corrected chi connectivity index (χ4v) is 2.54. The van der Waals surface area contributed by atoms with Crippen LogP contribution in [0.4, 0.5) is 0 Å². The van der Waals surface area contributed by atoms with E-state index in [9.17, 15) is 14.7 Å². The Morgan fingerprint density at radius 2 is 1.52 bits per heavy atom. The molecule has 0 spiro atoms. The highest BCUT2D eigenvalue weighted by molar-refractivity contribution is 5.95. The molecular weight excluding hydrogens is 396 g/mol. The third-order valence-electron chi connectivity index (χ3n) is 4.16. The van der Waals surface area contributed by atoms with E-state index in [1.807, 2.05) is 6.92 Å². The van der Waals surface area contributed by atoms with Crippen LogP contribution in [-0.2, 0) is 0 Å². The summed E-state index contributed by atoms with van der Waals surface area (Å²) >= 11 is 0. The number of hydrogen-bond donors (Lipinski definition) is 2. The number of phenols is 1. The van der Waals surface area contributed by atoms with Gasteiger partial charge in [0.2, 0.25) is 0 Å². The Morgan fingerprint density at radius 3 is 2.16 bits per heavy atom. The maximum absolute atomic E-state index is 12.3. The van der Waals surface area contributed by atoms with Gasteiger partial charge in [-0.05, 0) is 84.8 Å². The summed E-state index contributed by atoms with van der Waals surface area (Å²) < 4.78 is 10.9. The Kier molecular flexibility index (Phi) is 7.37. The number of amides is 1. The van der Waals surface area contributed by atoms with Crippen molar-refractivity contribution in [1.82, 2.24) is 5.43 Å². The number of aromatic hydroxyl groups is 1. The van der Waals surface area contributed by atoms with Gasteiger partial charge in [0, 0.05) is 5.56 Å². The van der Waals surface area contributed by atoms with Crippen LogP contribution in [0.3, 0.4) is 0 Å². The normalized spacial score (nSPS) is 10.6. The minimum absolute atomic E-state index is 0.0823. The number of nitrogens with zero attached hydrogens (tertiary/aromatic N) is 1. The second-order valence-electron chi connectivity index (χ2n) is 6.58. The molecule has 3 aromatic carbocycles. The van der Waals surface area contributed by atoms with Gasteiger partial charge in [-0.2, -0.15) is 5.10 Å². The minimum Gasteiger partial charge on any atom is -0.508 e. The predicted octanol–water partition coefficient (Wildman–Crippen LogP) is 4.16. The van der Waals surface area contributed by atoms with Gasteiger partial charge in [0.1, 0.15) is 17.2 Å². The number of benzene rings is 3. The van der Waals surface area contributed by atoms with Crippen LogP contribution in [0.2, 0.25) is 0 Å². The van der Waals surface area contributed by atoms with E-state index in [0.717, 1.165) is 6.42 Å². The number of carbonyl (C=O) groups excluding carboxylic acids is 2. The molecule has 0 unspecified atom stereocenters. The minimum atomic E-state index is -0.468. The highest BCUT2D eigenvalue weighted by Gasteiger charge is 2.09. The maximum Gasteiger partial charge on any atom is 0.343 e. The highest BCUT2D eigenvalue weighted by atomic mass is 16.5. The van der Waals surface area contributed by atoms with E-state index in [1.54, 1.807) is 48.5 Å². The van der Waals surface area contributed by atoms with E-state index in [4.69, 9.17) is 9.47 Å². The van der Waals surface area contributed by atoms with E-state index in [-0.39, 0.29) is 5.75 Å². The first kappa shape index (κ1) is 21.6. The third-order valence-corrected chi connectivity index (χ3v) is 4.16. The van der Waals surface area contributed by atoms with Crippen molar-refractivity contribution >= 4 is 18.1 Å². The van der Waals surface area contributed by atoms with Crippen molar-refractivity contribution in [1.29, 1.82) is 0 Å². The lowest BCUT2D eigenvalue weighted by atomic mass is 10.2. The molecule has 0 aliphatic rings. The van der Waals surface area contributed by atoms with Crippen LogP contribution >= 0.6 is 0 Å². The first-order valence-corrected chi connectivity index (χ1v) is 9.72. The van der Waals surface area contributed by atoms with Gasteiger partial charge < -0.3 is 14.6 Å². The largest absolute Gasteiger partial charge is 0.508 e. The molecule has 3 aromatic rings. The van der Waals surface area contributed by atoms with Crippen LogP contribution in [0.5, 0.6) is 17.2 Å². The summed E-state index contributed by atoms with van der Waals surface area (Å²) in [6.07, 6.45) is 2.38. The van der Waals surface area contributed by atoms with E-state index < -0.39 is 11.9 Å². The Morgan fingerprint density at radius 1 is 0.903 bits per heavy atom. The molecule has 2 N–H and O–H groups in total. The molecule has 0 saturated carbocycles. The number of esters is 1. The second-order valence-corrected chi connectivity index (χ2v) is 6.58. The first-order chi connectivity index (χ1) is 15.0. The molecule has 0 fully saturated rings. The summed E-state index contributed by atoms with van der Waals surface area (Å²) in [7, 11) is 0. The molecule has 0 aliphatic carbocycles. The Balaban J connectivity index is 1.52. The van der Waals surface area contributed by atoms with Gasteiger partial charge in [-0.15, -0.1) is 0 Å². The van der Waals surface area contributed by atoms with Gasteiger partial charge in [0.25, 0.3) is 5.91 Å². The predicted molar refractivity (Wildman–Crippen MR) is 117 cm³/mol. The summed E-state index contributed by atoms with van der Waals surface area (Å²) in [4.78, 5) is 24.2. The molecule has 1 amide bonds. The average Bonchev–Trinajstić information content (AvgIpc) is 2.79. The number of hydrazone groups is 1. The molecule has 7 nitrogen and oxygen atoms in total. The van der Waals surface area contributed by atoms with Crippen molar-refractivity contribution in [3.63, 3.8) is 0 Å². The van der Waals surface area contributed by atoms with Crippen LogP contribution in [0, 0.1) is 0 Å². The van der Waals surface area contributed by atoms with Gasteiger partial charge >= 0.3 is 5.97 Å². The molecule has 3 rings (SSSR count). The van der Waals surface area contributed by atoms with Crippen LogP contribution in [-0.4, -0.2) is 29.8 Å². The topological polar surface area (TPSA) is 97.2 Å². The number of carbonyl (C=O) groups is 2. The van der Waals surface area contributed by atoms with Crippen LogP contribution < -0.4 is 14.9 Å². The van der Waals surface area contributed by atoms with Gasteiger partial charge in [-0.1, -0.05) is 6.92 Å². The molecule has 0 saturated heterocycles. The van der Waals surface area contributed by atoms with E-state index >= 15 is 0 Å². The number of nitrogens with one attached hydrogen (secondary N) is 1. The van der Waals surface area contributed by atoms with Crippen molar-refractivity contribution in [2.24, 2.45) is 5.10 Å². The fraction of sp³-hybridized carbons (Fsp3) is 0.125. The number of hydrogen-bond acceptors (Lipinski definition) is 6. The molecule has 0 aliphatic heterocycles. The molecule has 0 heterocycles. The van der Waals surface area contributed by atoms with Crippen molar-refractivity contribution in [2.75, 3.05) is 6.61 Å². The summed E-state index contributed by atoms with van der Waals surface area (Å²) in [5, 5.41) is 13.1. The molecule has 158 valence electrons. The zero-order chi connectivity index (χ0) is 22.1. The van der Waals surface area contributed by atoms with E-state index in [2.05, 4.69) is 10.5 Å². The summed E-state index contributed by atoms with van der Waals surface area (Å²) in [5.74, 6) is 0.317. The first-order valence-electron chi connectivity index (χ1n) is 9.72. The zero-order valence-corrected chi connectivity index (χ0v) is 16.9. The third kappa shape index (κ3) is 6.43. The molecule has 0 bridgehead atoms. The zero-order valence-electron chi connectivity index (χ0n) is 16.9. The summed E-state index contributed by atoms with van der Waals surface area (Å²) in [5.41, 5.74) is 3.92. The number of ether oxygens (including phenoxy) is 2. The second kappa shape index (κ2) is 10.6. The highest BCUT2D eigenvalue weighted by Crippen LogP contribution is 2.16. The Bertz CT molecular complexity index is 1040. The standard InChI is InChI=1S/C24H22N2O5/c1-2-15-30-21-13-7-19(8-14-21)24(29)31-22-11-3-17(4-12-22)16-25-26-23(28)18-5-9-20(27)10-6-18/h3-14,16,27H,2,15H2,1H3,(H,26,28)/b25-16-. The quantitative estimate of drug-likeness (QED) is 0.248. The van der Waals surface area contributed by atoms with Gasteiger partial charge in [0.05, 0.1) is 18.4 Å². The summed E-state index contributed by atoms with van der Waals surface area (Å²) in [6, 6.07) is 19.3. The smallest absolute Gasteiger partial charge is 0.343 e. The molecule has 7 heteroatoms. The average molecular weight is 418 g/mol. The fourth-order valence-electron chi connectivity index (χ4n) is 2.54. The number of phenolic OH excluding ortho intramolecular Hbond substituents is 1. The maximum atomic E-state index is 12.3. The molecule has 0 aromatic heterocycles. The van der Waals surface area contributed by atoms with Crippen LogP contribution in [0.15, 0.2) is 77.9 Å². The van der Waals surface area contributed by atoms with Crippen molar-refractivity contribution in [3.8, 4) is 17.2 Å². The van der Waals surface area contributed by atoms with Crippen molar-refractivity contribution in [3.05, 3.63) is 89.5 Å². The molecule has 0 radical (unpaired) electrons. The van der Waals surface area contributed by atoms with Crippen molar-refractivity contribution < 1.29 is 24.2 Å². The van der Waals surface area contributed by atoms with E-state index in [1.165, 1.54) is 30.5 Å². The molecule has 31 heavy (non-hydrogen) atoms. The van der Waals surface area contributed by atoms with Gasteiger partial charge in [-0.3, -0.25) is 4.79 Å². The SMILES string of the molecule is CCCOc1ccc(C(=O)Oc2ccc(/C=N\NC(=O)c3ccc(O)cc3)cc2)cc1. The summed E-state index contributed by atoms with van der Waals surface area (Å²) in [6.45, 7) is 2.65. The lowest BCUT2D eigenvalue weighted by molar-refractivity contribution is 0.0734. The van der Waals surface area contributed by atoms with Crippen LogP contribution in [0.1, 0.15) is 39.6 Å².